The largest absolute Gasteiger partial charge is 0.342 e. The van der Waals surface area contributed by atoms with E-state index in [1.807, 2.05) is 6.92 Å². The molecule has 0 aliphatic carbocycles. The summed E-state index contributed by atoms with van der Waals surface area (Å²) in [6, 6.07) is 2.09. The molecule has 1 unspecified atom stereocenters. The van der Waals surface area contributed by atoms with E-state index in [2.05, 4.69) is 33.8 Å². The van der Waals surface area contributed by atoms with E-state index in [9.17, 15) is 4.79 Å². The quantitative estimate of drug-likeness (QED) is 0.713. The average molecular weight is 238 g/mol. The molecule has 0 heterocycles. The van der Waals surface area contributed by atoms with Gasteiger partial charge in [0.15, 0.2) is 0 Å². The van der Waals surface area contributed by atoms with Gasteiger partial charge in [0.05, 0.1) is 12.5 Å². The Morgan fingerprint density at radius 2 is 2.00 bits per heavy atom. The number of hydrogen-bond acceptors (Lipinski definition) is 2. The Labute approximate surface area is 106 Å². The first kappa shape index (κ1) is 16.0. The molecule has 0 aliphatic heterocycles. The highest BCUT2D eigenvalue weighted by molar-refractivity contribution is 5.76. The van der Waals surface area contributed by atoms with Gasteiger partial charge in [0.2, 0.25) is 5.91 Å². The van der Waals surface area contributed by atoms with Crippen LogP contribution in [-0.2, 0) is 4.79 Å². The fraction of sp³-hybridized carbons (Fsp3) is 0.857. The fourth-order valence-corrected chi connectivity index (χ4v) is 2.19. The highest BCUT2D eigenvalue weighted by Gasteiger charge is 2.20. The Morgan fingerprint density at radius 3 is 2.41 bits per heavy atom. The van der Waals surface area contributed by atoms with Gasteiger partial charge in [0.1, 0.15) is 0 Å². The number of rotatable bonds is 6. The van der Waals surface area contributed by atoms with Crippen LogP contribution < -0.4 is 0 Å². The number of nitriles is 1. The Bertz CT molecular complexity index is 273. The van der Waals surface area contributed by atoms with Crippen molar-refractivity contribution < 1.29 is 4.79 Å². The van der Waals surface area contributed by atoms with Crippen molar-refractivity contribution in [2.75, 3.05) is 13.1 Å². The maximum absolute atomic E-state index is 12.0. The smallest absolute Gasteiger partial charge is 0.222 e. The van der Waals surface area contributed by atoms with Crippen LogP contribution in [-0.4, -0.2) is 23.9 Å². The number of carbonyl (C=O) groups is 1. The maximum Gasteiger partial charge on any atom is 0.222 e. The monoisotopic (exact) mass is 238 g/mol. The molecule has 0 aliphatic rings. The molecule has 98 valence electrons. The molecule has 0 saturated heterocycles. The Morgan fingerprint density at radius 1 is 1.41 bits per heavy atom. The van der Waals surface area contributed by atoms with E-state index in [1.165, 1.54) is 0 Å². The van der Waals surface area contributed by atoms with Gasteiger partial charge in [-0.3, -0.25) is 4.79 Å². The summed E-state index contributed by atoms with van der Waals surface area (Å²) in [4.78, 5) is 13.8. The van der Waals surface area contributed by atoms with Gasteiger partial charge in [0, 0.05) is 19.5 Å². The van der Waals surface area contributed by atoms with Crippen LogP contribution in [0.3, 0.4) is 0 Å². The molecular formula is C14H26N2O. The molecule has 0 saturated carbocycles. The van der Waals surface area contributed by atoms with Crippen molar-refractivity contribution in [2.24, 2.45) is 11.3 Å². The van der Waals surface area contributed by atoms with Gasteiger partial charge in [-0.15, -0.1) is 0 Å². The lowest BCUT2D eigenvalue weighted by Crippen LogP contribution is -2.33. The number of carbonyl (C=O) groups excluding carboxylic acids is 1. The highest BCUT2D eigenvalue weighted by Crippen LogP contribution is 2.26. The third-order valence-corrected chi connectivity index (χ3v) is 2.71. The molecule has 0 spiro atoms. The summed E-state index contributed by atoms with van der Waals surface area (Å²) in [7, 11) is 0. The van der Waals surface area contributed by atoms with E-state index in [1.54, 1.807) is 4.90 Å². The van der Waals surface area contributed by atoms with Crippen molar-refractivity contribution in [1.82, 2.24) is 4.90 Å². The molecule has 0 radical (unpaired) electrons. The SMILES string of the molecule is CCN(CCC#N)C(=O)CC(C)CC(C)(C)C. The highest BCUT2D eigenvalue weighted by atomic mass is 16.2. The van der Waals surface area contributed by atoms with Crippen LogP contribution in [0.1, 0.15) is 53.9 Å². The molecule has 0 rings (SSSR count). The summed E-state index contributed by atoms with van der Waals surface area (Å²) < 4.78 is 0. The summed E-state index contributed by atoms with van der Waals surface area (Å²) in [6.07, 6.45) is 2.07. The first-order valence-electron chi connectivity index (χ1n) is 6.45. The van der Waals surface area contributed by atoms with E-state index in [0.29, 0.717) is 31.8 Å². The van der Waals surface area contributed by atoms with E-state index in [0.717, 1.165) is 6.42 Å². The van der Waals surface area contributed by atoms with Gasteiger partial charge < -0.3 is 4.90 Å². The fourth-order valence-electron chi connectivity index (χ4n) is 2.19. The standard InChI is InChI=1S/C14H26N2O/c1-6-16(9-7-8-15)13(17)10-12(2)11-14(3,4)5/h12H,6-7,9-11H2,1-5H3. The van der Waals surface area contributed by atoms with Crippen LogP contribution >= 0.6 is 0 Å². The minimum atomic E-state index is 0.180. The molecule has 0 aromatic heterocycles. The zero-order valence-corrected chi connectivity index (χ0v) is 11.9. The summed E-state index contributed by atoms with van der Waals surface area (Å²) >= 11 is 0. The maximum atomic E-state index is 12.0. The van der Waals surface area contributed by atoms with Crippen molar-refractivity contribution in [2.45, 2.75) is 53.9 Å². The van der Waals surface area contributed by atoms with Gasteiger partial charge >= 0.3 is 0 Å². The van der Waals surface area contributed by atoms with Crippen molar-refractivity contribution >= 4 is 5.91 Å². The topological polar surface area (TPSA) is 44.1 Å². The molecule has 17 heavy (non-hydrogen) atoms. The third-order valence-electron chi connectivity index (χ3n) is 2.71. The van der Waals surface area contributed by atoms with Gasteiger partial charge in [-0.2, -0.15) is 5.26 Å². The molecule has 3 heteroatoms. The normalized spacial score (nSPS) is 12.9. The number of hydrogen-bond donors (Lipinski definition) is 0. The molecule has 0 fully saturated rings. The zero-order chi connectivity index (χ0) is 13.5. The second-order valence-corrected chi connectivity index (χ2v) is 5.96. The van der Waals surface area contributed by atoms with Crippen LogP contribution in [0, 0.1) is 22.7 Å². The van der Waals surface area contributed by atoms with Crippen molar-refractivity contribution in [3.63, 3.8) is 0 Å². The van der Waals surface area contributed by atoms with Crippen molar-refractivity contribution in [3.05, 3.63) is 0 Å². The third kappa shape index (κ3) is 7.79. The van der Waals surface area contributed by atoms with Gasteiger partial charge in [-0.25, -0.2) is 0 Å². The second-order valence-electron chi connectivity index (χ2n) is 5.96. The molecule has 0 N–H and O–H groups in total. The molecule has 1 atom stereocenters. The van der Waals surface area contributed by atoms with Crippen LogP contribution in [0.25, 0.3) is 0 Å². The lowest BCUT2D eigenvalue weighted by Gasteiger charge is -2.25. The molecule has 0 aromatic rings. The minimum absolute atomic E-state index is 0.180. The van der Waals surface area contributed by atoms with Gasteiger partial charge in [-0.1, -0.05) is 27.7 Å². The predicted molar refractivity (Wildman–Crippen MR) is 70.3 cm³/mol. The van der Waals surface area contributed by atoms with E-state index in [4.69, 9.17) is 5.26 Å². The Kier molecular flexibility index (Phi) is 6.87. The summed E-state index contributed by atoms with van der Waals surface area (Å²) in [5.41, 5.74) is 0.267. The summed E-state index contributed by atoms with van der Waals surface area (Å²) in [5, 5.41) is 8.54. The average Bonchev–Trinajstić information content (AvgIpc) is 2.15. The Balaban J connectivity index is 4.18. The van der Waals surface area contributed by atoms with Crippen molar-refractivity contribution in [3.8, 4) is 6.07 Å². The minimum Gasteiger partial charge on any atom is -0.342 e. The van der Waals surface area contributed by atoms with Crippen LogP contribution in [0.5, 0.6) is 0 Å². The van der Waals surface area contributed by atoms with Crippen molar-refractivity contribution in [1.29, 1.82) is 5.26 Å². The van der Waals surface area contributed by atoms with Crippen LogP contribution in [0.2, 0.25) is 0 Å². The Hall–Kier alpha value is -1.04. The lowest BCUT2D eigenvalue weighted by molar-refractivity contribution is -0.132. The van der Waals surface area contributed by atoms with Crippen LogP contribution in [0.4, 0.5) is 0 Å². The number of nitrogens with zero attached hydrogens (tertiary/aromatic N) is 2. The first-order valence-corrected chi connectivity index (χ1v) is 6.45. The molecule has 3 nitrogen and oxygen atoms in total. The summed E-state index contributed by atoms with van der Waals surface area (Å²) in [5.74, 6) is 0.582. The van der Waals surface area contributed by atoms with E-state index >= 15 is 0 Å². The predicted octanol–water partition coefficient (Wildman–Crippen LogP) is 3.21. The van der Waals surface area contributed by atoms with E-state index < -0.39 is 0 Å². The second kappa shape index (κ2) is 7.32. The molecule has 0 bridgehead atoms. The molecule has 1 amide bonds. The first-order chi connectivity index (χ1) is 7.80. The zero-order valence-electron chi connectivity index (χ0n) is 11.9. The summed E-state index contributed by atoms with van der Waals surface area (Å²) in [6.45, 7) is 11.9. The van der Waals surface area contributed by atoms with Gasteiger partial charge in [-0.05, 0) is 24.7 Å². The van der Waals surface area contributed by atoms with Crippen LogP contribution in [0.15, 0.2) is 0 Å². The molecule has 0 aromatic carbocycles. The van der Waals surface area contributed by atoms with Gasteiger partial charge in [0.25, 0.3) is 0 Å². The number of amides is 1. The molecular weight excluding hydrogens is 212 g/mol. The van der Waals surface area contributed by atoms with E-state index in [-0.39, 0.29) is 11.3 Å². The lowest BCUT2D eigenvalue weighted by atomic mass is 9.84.